The van der Waals surface area contributed by atoms with Gasteiger partial charge in [0.25, 0.3) is 0 Å². The largest absolute Gasteiger partial charge is 0.490 e. The summed E-state index contributed by atoms with van der Waals surface area (Å²) in [5.74, 6) is 0.786. The molecule has 168 valence electrons. The Bertz CT molecular complexity index is 775. The number of hydrogen-bond acceptors (Lipinski definition) is 6. The average Bonchev–Trinajstić information content (AvgIpc) is 2.68. The molecule has 0 radical (unpaired) electrons. The van der Waals surface area contributed by atoms with E-state index in [1.165, 1.54) is 0 Å². The first-order valence-corrected chi connectivity index (χ1v) is 10.8. The van der Waals surface area contributed by atoms with Crippen molar-refractivity contribution in [2.75, 3.05) is 39.3 Å². The summed E-state index contributed by atoms with van der Waals surface area (Å²) in [4.78, 5) is 15.3. The summed E-state index contributed by atoms with van der Waals surface area (Å²) in [6, 6.07) is 4.04. The number of aliphatic hydroxyl groups excluding tert-OH is 1. The van der Waals surface area contributed by atoms with Crippen molar-refractivity contribution in [3.8, 4) is 5.75 Å². The van der Waals surface area contributed by atoms with Crippen LogP contribution in [0.5, 0.6) is 5.75 Å². The van der Waals surface area contributed by atoms with Crippen LogP contribution >= 0.6 is 0 Å². The fourth-order valence-electron chi connectivity index (χ4n) is 4.58. The van der Waals surface area contributed by atoms with Crippen molar-refractivity contribution in [1.82, 2.24) is 9.80 Å². The van der Waals surface area contributed by atoms with Crippen LogP contribution in [0.15, 0.2) is 12.1 Å². The van der Waals surface area contributed by atoms with E-state index in [0.29, 0.717) is 45.4 Å². The summed E-state index contributed by atoms with van der Waals surface area (Å²) in [6.45, 7) is 9.86. The van der Waals surface area contributed by atoms with Crippen molar-refractivity contribution in [1.29, 1.82) is 0 Å². The SMILES string of the molecule is CC(=O)N1CCC(O)(CN2CC[C@H](O)[C@@](O)(COc3c(C)ccc(C)c3C)C2)CC1. The Morgan fingerprint density at radius 2 is 1.77 bits per heavy atom. The monoisotopic (exact) mass is 420 g/mol. The minimum atomic E-state index is -1.41. The van der Waals surface area contributed by atoms with Gasteiger partial charge in [0.1, 0.15) is 18.0 Å². The van der Waals surface area contributed by atoms with E-state index in [1.807, 2.05) is 37.8 Å². The standard InChI is InChI=1S/C23H36N2O5/c1-16-5-6-17(2)21(18(16)3)30-15-23(29)14-24(10-7-20(23)27)13-22(28)8-11-25(12-9-22)19(4)26/h5-6,20,27-29H,7-15H2,1-4H3/t20-,23-/m0/s1. The Kier molecular flexibility index (Phi) is 6.77. The highest BCUT2D eigenvalue weighted by molar-refractivity contribution is 5.73. The highest BCUT2D eigenvalue weighted by Crippen LogP contribution is 2.31. The number of carbonyl (C=O) groups excluding carboxylic acids is 1. The Labute approximate surface area is 179 Å². The second-order valence-electron chi connectivity index (χ2n) is 9.29. The predicted octanol–water partition coefficient (Wildman–Crippen LogP) is 1.16. The molecule has 0 spiro atoms. The van der Waals surface area contributed by atoms with E-state index in [-0.39, 0.29) is 19.1 Å². The van der Waals surface area contributed by atoms with Gasteiger partial charge in [0.2, 0.25) is 5.91 Å². The van der Waals surface area contributed by atoms with E-state index in [0.717, 1.165) is 22.4 Å². The number of likely N-dealkylation sites (tertiary alicyclic amines) is 2. The summed E-state index contributed by atoms with van der Waals surface area (Å²) in [5, 5.41) is 32.7. The molecule has 3 N–H and O–H groups in total. The zero-order valence-corrected chi connectivity index (χ0v) is 18.6. The smallest absolute Gasteiger partial charge is 0.219 e. The van der Waals surface area contributed by atoms with Gasteiger partial charge in [0.15, 0.2) is 0 Å². The van der Waals surface area contributed by atoms with Crippen LogP contribution in [0.1, 0.15) is 42.9 Å². The van der Waals surface area contributed by atoms with Crippen molar-refractivity contribution in [3.63, 3.8) is 0 Å². The first-order chi connectivity index (χ1) is 14.0. The van der Waals surface area contributed by atoms with Crippen LogP contribution in [-0.2, 0) is 4.79 Å². The van der Waals surface area contributed by atoms with Crippen LogP contribution in [0.4, 0.5) is 0 Å². The van der Waals surface area contributed by atoms with Gasteiger partial charge in [-0.1, -0.05) is 12.1 Å². The highest BCUT2D eigenvalue weighted by atomic mass is 16.5. The lowest BCUT2D eigenvalue weighted by atomic mass is 9.86. The summed E-state index contributed by atoms with van der Waals surface area (Å²) in [6.07, 6.45) is 0.569. The van der Waals surface area contributed by atoms with Crippen molar-refractivity contribution < 1.29 is 24.9 Å². The number of hydrogen-bond donors (Lipinski definition) is 3. The number of rotatable bonds is 5. The molecule has 2 aliphatic rings. The van der Waals surface area contributed by atoms with E-state index in [4.69, 9.17) is 4.74 Å². The normalized spacial score (nSPS) is 27.2. The van der Waals surface area contributed by atoms with E-state index in [1.54, 1.807) is 11.8 Å². The number of β-amino-alcohol motifs (C(OH)–C–C–N with tert-alkyl or cyclic N) is 2. The molecule has 7 nitrogen and oxygen atoms in total. The van der Waals surface area contributed by atoms with Gasteiger partial charge in [-0.3, -0.25) is 9.69 Å². The van der Waals surface area contributed by atoms with Gasteiger partial charge in [-0.25, -0.2) is 0 Å². The maximum Gasteiger partial charge on any atom is 0.219 e. The molecule has 0 unspecified atom stereocenters. The third kappa shape index (κ3) is 4.97. The van der Waals surface area contributed by atoms with Gasteiger partial charge < -0.3 is 25.0 Å². The molecule has 2 aliphatic heterocycles. The maximum atomic E-state index is 11.5. The number of ether oxygens (including phenoxy) is 1. The quantitative estimate of drug-likeness (QED) is 0.662. The highest BCUT2D eigenvalue weighted by Gasteiger charge is 2.44. The number of piperidine rings is 2. The third-order valence-corrected chi connectivity index (χ3v) is 6.83. The maximum absolute atomic E-state index is 11.5. The number of amides is 1. The molecule has 2 atom stereocenters. The molecule has 3 rings (SSSR count). The molecule has 0 saturated carbocycles. The summed E-state index contributed by atoms with van der Waals surface area (Å²) in [7, 11) is 0. The van der Waals surface area contributed by atoms with Gasteiger partial charge in [0, 0.05) is 39.6 Å². The fraction of sp³-hybridized carbons (Fsp3) is 0.696. The minimum Gasteiger partial charge on any atom is -0.490 e. The van der Waals surface area contributed by atoms with Crippen LogP contribution in [0, 0.1) is 20.8 Å². The molecule has 1 aromatic rings. The van der Waals surface area contributed by atoms with E-state index in [2.05, 4.69) is 0 Å². The van der Waals surface area contributed by atoms with Crippen molar-refractivity contribution in [2.24, 2.45) is 0 Å². The summed E-state index contributed by atoms with van der Waals surface area (Å²) < 4.78 is 6.02. The first-order valence-electron chi connectivity index (χ1n) is 10.8. The molecule has 2 fully saturated rings. The summed E-state index contributed by atoms with van der Waals surface area (Å²) in [5.41, 5.74) is 0.854. The van der Waals surface area contributed by atoms with Crippen molar-refractivity contribution >= 4 is 5.91 Å². The minimum absolute atomic E-state index is 0.00760. The lowest BCUT2D eigenvalue weighted by Gasteiger charge is -2.46. The number of aryl methyl sites for hydroxylation is 2. The van der Waals surface area contributed by atoms with Gasteiger partial charge in [0.05, 0.1) is 11.7 Å². The Morgan fingerprint density at radius 1 is 1.13 bits per heavy atom. The molecule has 30 heavy (non-hydrogen) atoms. The number of aliphatic hydroxyl groups is 3. The van der Waals surface area contributed by atoms with Crippen LogP contribution in [0.2, 0.25) is 0 Å². The fourth-order valence-corrected chi connectivity index (χ4v) is 4.58. The molecule has 2 heterocycles. The van der Waals surface area contributed by atoms with Crippen molar-refractivity contribution in [2.45, 2.75) is 64.3 Å². The molecule has 1 amide bonds. The van der Waals surface area contributed by atoms with Gasteiger partial charge in [-0.05, 0) is 56.7 Å². The Morgan fingerprint density at radius 3 is 2.40 bits per heavy atom. The Hall–Kier alpha value is -1.67. The van der Waals surface area contributed by atoms with E-state index in [9.17, 15) is 20.1 Å². The first kappa shape index (κ1) is 23.0. The Balaban J connectivity index is 1.63. The molecular formula is C23H36N2O5. The number of benzene rings is 1. The van der Waals surface area contributed by atoms with E-state index < -0.39 is 17.3 Å². The zero-order chi connectivity index (χ0) is 22.1. The van der Waals surface area contributed by atoms with Crippen LogP contribution in [0.3, 0.4) is 0 Å². The van der Waals surface area contributed by atoms with E-state index >= 15 is 0 Å². The van der Waals surface area contributed by atoms with Gasteiger partial charge in [-0.15, -0.1) is 0 Å². The lowest BCUT2D eigenvalue weighted by Crippen LogP contribution is -2.62. The number of nitrogens with zero attached hydrogens (tertiary/aromatic N) is 2. The third-order valence-electron chi connectivity index (χ3n) is 6.83. The second-order valence-corrected chi connectivity index (χ2v) is 9.29. The topological polar surface area (TPSA) is 93.5 Å². The predicted molar refractivity (Wildman–Crippen MR) is 115 cm³/mol. The molecule has 1 aromatic carbocycles. The number of carbonyl (C=O) groups is 1. The molecule has 0 bridgehead atoms. The molecule has 7 heteroatoms. The molecular weight excluding hydrogens is 384 g/mol. The van der Waals surface area contributed by atoms with Crippen LogP contribution < -0.4 is 4.74 Å². The van der Waals surface area contributed by atoms with Crippen LogP contribution in [-0.4, -0.2) is 87.7 Å². The van der Waals surface area contributed by atoms with Gasteiger partial charge in [-0.2, -0.15) is 0 Å². The second kappa shape index (κ2) is 8.83. The average molecular weight is 421 g/mol. The van der Waals surface area contributed by atoms with Crippen molar-refractivity contribution in [3.05, 3.63) is 28.8 Å². The van der Waals surface area contributed by atoms with Crippen LogP contribution in [0.25, 0.3) is 0 Å². The molecule has 2 saturated heterocycles. The summed E-state index contributed by atoms with van der Waals surface area (Å²) >= 11 is 0. The lowest BCUT2D eigenvalue weighted by molar-refractivity contribution is -0.152. The zero-order valence-electron chi connectivity index (χ0n) is 18.6. The van der Waals surface area contributed by atoms with Gasteiger partial charge >= 0.3 is 0 Å². The molecule has 0 aromatic heterocycles. The molecule has 0 aliphatic carbocycles.